The molecule has 0 aliphatic heterocycles. The number of aryl methyl sites for hydroxylation is 2. The third kappa shape index (κ3) is 5.56. The summed E-state index contributed by atoms with van der Waals surface area (Å²) < 4.78 is 6.84. The molecule has 156 valence electrons. The van der Waals surface area contributed by atoms with E-state index < -0.39 is 5.97 Å². The molecule has 0 radical (unpaired) electrons. The first-order chi connectivity index (χ1) is 14.3. The maximum Gasteiger partial charge on any atom is 0.325 e. The second kappa shape index (κ2) is 9.39. The van der Waals surface area contributed by atoms with Gasteiger partial charge in [-0.05, 0) is 33.3 Å². The number of amides is 1. The number of nitrogens with one attached hydrogen (secondary N) is 1. The maximum atomic E-state index is 12.8. The summed E-state index contributed by atoms with van der Waals surface area (Å²) in [6, 6.07) is 16.0. The van der Waals surface area contributed by atoms with Crippen LogP contribution in [0.25, 0.3) is 11.3 Å². The molecule has 0 atom stereocenters. The van der Waals surface area contributed by atoms with Crippen LogP contribution in [-0.2, 0) is 16.1 Å². The van der Waals surface area contributed by atoms with E-state index in [1.54, 1.807) is 24.7 Å². The highest BCUT2D eigenvalue weighted by atomic mass is 16.5. The fourth-order valence-corrected chi connectivity index (χ4v) is 3.03. The van der Waals surface area contributed by atoms with Crippen molar-refractivity contribution >= 4 is 11.9 Å². The van der Waals surface area contributed by atoms with Crippen molar-refractivity contribution in [2.45, 2.75) is 40.3 Å². The van der Waals surface area contributed by atoms with Crippen LogP contribution in [-0.4, -0.2) is 34.3 Å². The van der Waals surface area contributed by atoms with Crippen LogP contribution >= 0.6 is 0 Å². The molecule has 0 fully saturated rings. The number of nitrogens with zero attached hydrogens (tertiary/aromatic N) is 2. The predicted octanol–water partition coefficient (Wildman–Crippen LogP) is 3.90. The Balaban J connectivity index is 1.86. The summed E-state index contributed by atoms with van der Waals surface area (Å²) in [7, 11) is 0. The molecule has 1 aromatic heterocycles. The molecule has 0 spiro atoms. The van der Waals surface area contributed by atoms with E-state index in [2.05, 4.69) is 10.4 Å². The van der Waals surface area contributed by atoms with Gasteiger partial charge in [0.2, 0.25) is 0 Å². The van der Waals surface area contributed by atoms with E-state index >= 15 is 0 Å². The lowest BCUT2D eigenvalue weighted by molar-refractivity contribution is -0.146. The topological polar surface area (TPSA) is 73.2 Å². The molecule has 6 heteroatoms. The molecule has 0 saturated carbocycles. The minimum atomic E-state index is -0.470. The third-order valence-electron chi connectivity index (χ3n) is 4.56. The smallest absolute Gasteiger partial charge is 0.325 e. The average Bonchev–Trinajstić information content (AvgIpc) is 3.12. The predicted molar refractivity (Wildman–Crippen MR) is 116 cm³/mol. The Bertz CT molecular complexity index is 1020. The fourth-order valence-electron chi connectivity index (χ4n) is 3.03. The molecule has 2 aromatic carbocycles. The third-order valence-corrected chi connectivity index (χ3v) is 4.56. The van der Waals surface area contributed by atoms with Crippen LogP contribution < -0.4 is 5.32 Å². The normalized spacial score (nSPS) is 10.8. The molecule has 3 rings (SSSR count). The zero-order valence-corrected chi connectivity index (χ0v) is 17.8. The summed E-state index contributed by atoms with van der Waals surface area (Å²) in [4.78, 5) is 24.6. The Labute approximate surface area is 176 Å². The molecule has 30 heavy (non-hydrogen) atoms. The van der Waals surface area contributed by atoms with Crippen molar-refractivity contribution < 1.29 is 14.3 Å². The number of benzene rings is 2. The Morgan fingerprint density at radius 2 is 1.60 bits per heavy atom. The van der Waals surface area contributed by atoms with Gasteiger partial charge in [0.05, 0.1) is 18.2 Å². The van der Waals surface area contributed by atoms with Crippen molar-refractivity contribution in [2.24, 2.45) is 0 Å². The summed E-state index contributed by atoms with van der Waals surface area (Å²) >= 11 is 0. The summed E-state index contributed by atoms with van der Waals surface area (Å²) in [6.45, 7) is 7.94. The van der Waals surface area contributed by atoms with Crippen LogP contribution in [0.15, 0.2) is 54.7 Å². The molecule has 0 aliphatic carbocycles. The first-order valence-corrected chi connectivity index (χ1v) is 9.99. The van der Waals surface area contributed by atoms with E-state index in [4.69, 9.17) is 4.74 Å². The molecule has 1 amide bonds. The second-order valence-electron chi connectivity index (χ2n) is 7.66. The highest BCUT2D eigenvalue weighted by Gasteiger charge is 2.19. The largest absolute Gasteiger partial charge is 0.462 e. The number of hydrogen-bond acceptors (Lipinski definition) is 4. The van der Waals surface area contributed by atoms with Crippen molar-refractivity contribution in [1.82, 2.24) is 15.1 Å². The lowest BCUT2D eigenvalue weighted by Gasteiger charge is -2.09. The second-order valence-corrected chi connectivity index (χ2v) is 7.66. The van der Waals surface area contributed by atoms with Crippen LogP contribution in [0.1, 0.15) is 40.9 Å². The van der Waals surface area contributed by atoms with Gasteiger partial charge in [-0.3, -0.25) is 14.3 Å². The van der Waals surface area contributed by atoms with E-state index in [0.29, 0.717) is 17.8 Å². The Morgan fingerprint density at radius 1 is 1.00 bits per heavy atom. The molecule has 1 heterocycles. The molecular formula is C24H27N3O3. The first-order valence-electron chi connectivity index (χ1n) is 9.99. The zero-order chi connectivity index (χ0) is 21.7. The van der Waals surface area contributed by atoms with Crippen LogP contribution in [0, 0.1) is 13.8 Å². The van der Waals surface area contributed by atoms with Crippen molar-refractivity contribution in [3.05, 3.63) is 77.0 Å². The summed E-state index contributed by atoms with van der Waals surface area (Å²) in [5, 5.41) is 7.31. The average molecular weight is 405 g/mol. The number of aromatic nitrogens is 2. The van der Waals surface area contributed by atoms with Gasteiger partial charge in [0.15, 0.2) is 0 Å². The van der Waals surface area contributed by atoms with Gasteiger partial charge >= 0.3 is 5.97 Å². The van der Waals surface area contributed by atoms with Gasteiger partial charge < -0.3 is 10.1 Å². The van der Waals surface area contributed by atoms with E-state index in [9.17, 15) is 9.59 Å². The Morgan fingerprint density at radius 3 is 2.20 bits per heavy atom. The van der Waals surface area contributed by atoms with E-state index in [0.717, 1.165) is 16.7 Å². The van der Waals surface area contributed by atoms with Crippen LogP contribution in [0.5, 0.6) is 0 Å². The number of ether oxygens (including phenoxy) is 1. The quantitative estimate of drug-likeness (QED) is 0.605. The molecule has 0 saturated heterocycles. The Hall–Kier alpha value is -3.41. The fraction of sp³-hybridized carbons (Fsp3) is 0.292. The monoisotopic (exact) mass is 405 g/mol. The number of hydrogen-bond donors (Lipinski definition) is 1. The van der Waals surface area contributed by atoms with Gasteiger partial charge in [-0.25, -0.2) is 0 Å². The first kappa shape index (κ1) is 21.3. The standard InChI is InChI=1S/C24H27N3O3/c1-16(2)30-22(28)13-25-24(29)21-15-27(14-19-9-5-17(3)6-10-19)26-23(21)20-11-7-18(4)8-12-20/h5-12,15-16H,13-14H2,1-4H3,(H,25,29). The number of carbonyl (C=O) groups is 2. The van der Waals surface area contributed by atoms with Crippen molar-refractivity contribution in [1.29, 1.82) is 0 Å². The van der Waals surface area contributed by atoms with Gasteiger partial charge in [0.25, 0.3) is 5.91 Å². The Kier molecular flexibility index (Phi) is 6.67. The van der Waals surface area contributed by atoms with Crippen LogP contribution in [0.4, 0.5) is 0 Å². The molecular weight excluding hydrogens is 378 g/mol. The summed E-state index contributed by atoms with van der Waals surface area (Å²) in [5.41, 5.74) is 5.25. The summed E-state index contributed by atoms with van der Waals surface area (Å²) in [6.07, 6.45) is 1.49. The SMILES string of the molecule is Cc1ccc(Cn2cc(C(=O)NCC(=O)OC(C)C)c(-c3ccc(C)cc3)n2)cc1. The van der Waals surface area contributed by atoms with Crippen LogP contribution in [0.3, 0.4) is 0 Å². The number of rotatable bonds is 7. The molecule has 0 aliphatic rings. The lowest BCUT2D eigenvalue weighted by Crippen LogP contribution is -2.31. The van der Waals surface area contributed by atoms with Gasteiger partial charge in [0, 0.05) is 11.8 Å². The molecule has 3 aromatic rings. The maximum absolute atomic E-state index is 12.8. The van der Waals surface area contributed by atoms with Crippen molar-refractivity contribution in [3.63, 3.8) is 0 Å². The molecule has 6 nitrogen and oxygen atoms in total. The lowest BCUT2D eigenvalue weighted by atomic mass is 10.1. The highest BCUT2D eigenvalue weighted by Crippen LogP contribution is 2.23. The van der Waals surface area contributed by atoms with E-state index in [-0.39, 0.29) is 18.6 Å². The summed E-state index contributed by atoms with van der Waals surface area (Å²) in [5.74, 6) is -0.830. The molecule has 0 bridgehead atoms. The van der Waals surface area contributed by atoms with E-state index in [1.165, 1.54) is 5.56 Å². The molecule has 1 N–H and O–H groups in total. The van der Waals surface area contributed by atoms with Gasteiger partial charge in [0.1, 0.15) is 12.2 Å². The van der Waals surface area contributed by atoms with Gasteiger partial charge in [-0.2, -0.15) is 5.10 Å². The van der Waals surface area contributed by atoms with Crippen molar-refractivity contribution in [2.75, 3.05) is 6.54 Å². The highest BCUT2D eigenvalue weighted by molar-refractivity contribution is 6.01. The van der Waals surface area contributed by atoms with Gasteiger partial charge in [-0.15, -0.1) is 0 Å². The minimum absolute atomic E-state index is 0.187. The molecule has 0 unspecified atom stereocenters. The number of carbonyl (C=O) groups excluding carboxylic acids is 2. The number of esters is 1. The van der Waals surface area contributed by atoms with Gasteiger partial charge in [-0.1, -0.05) is 59.7 Å². The van der Waals surface area contributed by atoms with Crippen molar-refractivity contribution in [3.8, 4) is 11.3 Å². The van der Waals surface area contributed by atoms with E-state index in [1.807, 2.05) is 62.4 Å². The zero-order valence-electron chi connectivity index (χ0n) is 17.8. The minimum Gasteiger partial charge on any atom is -0.462 e. The van der Waals surface area contributed by atoms with Crippen LogP contribution in [0.2, 0.25) is 0 Å².